The SMILES string of the molecule is N#Cc1nc(C2CCC(=O)CC2)n2ccccc12. The van der Waals surface area contributed by atoms with E-state index in [9.17, 15) is 4.79 Å². The zero-order chi connectivity index (χ0) is 12.5. The van der Waals surface area contributed by atoms with Crippen LogP contribution in [0.2, 0.25) is 0 Å². The zero-order valence-corrected chi connectivity index (χ0v) is 9.97. The highest BCUT2D eigenvalue weighted by Gasteiger charge is 2.24. The van der Waals surface area contributed by atoms with E-state index >= 15 is 0 Å². The second-order valence-electron chi connectivity index (χ2n) is 4.70. The van der Waals surface area contributed by atoms with Gasteiger partial charge in [-0.3, -0.25) is 4.79 Å². The lowest BCUT2D eigenvalue weighted by molar-refractivity contribution is -0.120. The standard InChI is InChI=1S/C14H13N3O/c15-9-12-13-3-1-2-8-17(13)14(16-12)10-4-6-11(18)7-5-10/h1-3,8,10H,4-7H2. The Labute approximate surface area is 105 Å². The Morgan fingerprint density at radius 1 is 1.33 bits per heavy atom. The summed E-state index contributed by atoms with van der Waals surface area (Å²) in [5, 5.41) is 9.11. The van der Waals surface area contributed by atoms with Gasteiger partial charge >= 0.3 is 0 Å². The van der Waals surface area contributed by atoms with Crippen molar-refractivity contribution >= 4 is 11.3 Å². The molecule has 2 aromatic heterocycles. The largest absolute Gasteiger partial charge is 0.302 e. The zero-order valence-electron chi connectivity index (χ0n) is 9.97. The van der Waals surface area contributed by atoms with Crippen LogP contribution in [0.5, 0.6) is 0 Å². The molecule has 0 N–H and O–H groups in total. The maximum atomic E-state index is 11.3. The van der Waals surface area contributed by atoms with Crippen LogP contribution < -0.4 is 0 Å². The Hall–Kier alpha value is -2.15. The van der Waals surface area contributed by atoms with Crippen molar-refractivity contribution < 1.29 is 4.79 Å². The number of pyridine rings is 1. The van der Waals surface area contributed by atoms with E-state index in [4.69, 9.17) is 5.26 Å². The highest BCUT2D eigenvalue weighted by Crippen LogP contribution is 2.31. The van der Waals surface area contributed by atoms with Crippen molar-refractivity contribution in [3.63, 3.8) is 0 Å². The summed E-state index contributed by atoms with van der Waals surface area (Å²) in [7, 11) is 0. The van der Waals surface area contributed by atoms with Gasteiger partial charge in [0.05, 0.1) is 5.52 Å². The number of rotatable bonds is 1. The first-order valence-corrected chi connectivity index (χ1v) is 6.18. The maximum absolute atomic E-state index is 11.3. The molecule has 1 aliphatic rings. The lowest BCUT2D eigenvalue weighted by atomic mass is 9.88. The van der Waals surface area contributed by atoms with Crippen LogP contribution in [0.1, 0.15) is 43.1 Å². The summed E-state index contributed by atoms with van der Waals surface area (Å²) in [6.07, 6.45) is 4.90. The number of nitrogens with zero attached hydrogens (tertiary/aromatic N) is 3. The Balaban J connectivity index is 2.07. The topological polar surface area (TPSA) is 58.2 Å². The number of ketones is 1. The first kappa shape index (κ1) is 11.0. The summed E-state index contributed by atoms with van der Waals surface area (Å²) in [5.74, 6) is 1.56. The van der Waals surface area contributed by atoms with E-state index in [0.29, 0.717) is 30.2 Å². The van der Waals surface area contributed by atoms with E-state index in [2.05, 4.69) is 11.1 Å². The molecule has 0 bridgehead atoms. The van der Waals surface area contributed by atoms with Crippen molar-refractivity contribution in [3.05, 3.63) is 35.9 Å². The maximum Gasteiger partial charge on any atom is 0.166 e. The van der Waals surface area contributed by atoms with Gasteiger partial charge in [0, 0.05) is 25.0 Å². The fourth-order valence-electron chi connectivity index (χ4n) is 2.63. The summed E-state index contributed by atoms with van der Waals surface area (Å²) >= 11 is 0. The predicted octanol–water partition coefficient (Wildman–Crippen LogP) is 2.43. The lowest BCUT2D eigenvalue weighted by Crippen LogP contribution is -2.14. The number of fused-ring (bicyclic) bond motifs is 1. The molecule has 3 rings (SSSR count). The highest BCUT2D eigenvalue weighted by molar-refractivity contribution is 5.79. The van der Waals surface area contributed by atoms with E-state index in [-0.39, 0.29) is 0 Å². The number of hydrogen-bond acceptors (Lipinski definition) is 3. The first-order valence-electron chi connectivity index (χ1n) is 6.18. The van der Waals surface area contributed by atoms with Crippen LogP contribution in [0, 0.1) is 11.3 Å². The molecule has 4 nitrogen and oxygen atoms in total. The van der Waals surface area contributed by atoms with Crippen molar-refractivity contribution in [2.24, 2.45) is 0 Å². The van der Waals surface area contributed by atoms with Gasteiger partial charge in [-0.15, -0.1) is 0 Å². The third-order valence-electron chi connectivity index (χ3n) is 3.59. The number of carbonyl (C=O) groups excluding carboxylic acids is 1. The molecule has 0 unspecified atom stereocenters. The third-order valence-corrected chi connectivity index (χ3v) is 3.59. The number of aromatic nitrogens is 2. The van der Waals surface area contributed by atoms with E-state index in [1.165, 1.54) is 0 Å². The highest BCUT2D eigenvalue weighted by atomic mass is 16.1. The normalized spacial score (nSPS) is 16.9. The molecule has 0 atom stereocenters. The van der Waals surface area contributed by atoms with Gasteiger partial charge in [0.2, 0.25) is 0 Å². The average Bonchev–Trinajstić information content (AvgIpc) is 2.79. The van der Waals surface area contributed by atoms with E-state index in [0.717, 1.165) is 24.2 Å². The molecule has 1 fully saturated rings. The number of imidazole rings is 1. The molecule has 1 aliphatic carbocycles. The molecule has 0 spiro atoms. The molecule has 0 radical (unpaired) electrons. The summed E-state index contributed by atoms with van der Waals surface area (Å²) in [6, 6.07) is 7.89. The van der Waals surface area contributed by atoms with E-state index in [1.54, 1.807) is 0 Å². The van der Waals surface area contributed by atoms with Gasteiger partial charge in [0.1, 0.15) is 17.7 Å². The molecule has 2 aromatic rings. The van der Waals surface area contributed by atoms with Gasteiger partial charge < -0.3 is 4.40 Å². The number of nitriles is 1. The Morgan fingerprint density at radius 3 is 2.83 bits per heavy atom. The van der Waals surface area contributed by atoms with Crippen molar-refractivity contribution in [2.45, 2.75) is 31.6 Å². The predicted molar refractivity (Wildman–Crippen MR) is 66.1 cm³/mol. The van der Waals surface area contributed by atoms with Crippen LogP contribution >= 0.6 is 0 Å². The number of Topliss-reactive ketones (excluding diaryl/α,β-unsaturated/α-hetero) is 1. The Kier molecular flexibility index (Phi) is 2.60. The quantitative estimate of drug-likeness (QED) is 0.768. The Morgan fingerprint density at radius 2 is 2.11 bits per heavy atom. The average molecular weight is 239 g/mol. The van der Waals surface area contributed by atoms with Crippen molar-refractivity contribution in [1.82, 2.24) is 9.38 Å². The molecular formula is C14H13N3O. The van der Waals surface area contributed by atoms with Crippen LogP contribution in [0.15, 0.2) is 24.4 Å². The molecule has 90 valence electrons. The van der Waals surface area contributed by atoms with Crippen LogP contribution in [0.3, 0.4) is 0 Å². The molecule has 18 heavy (non-hydrogen) atoms. The van der Waals surface area contributed by atoms with Crippen LogP contribution in [0.25, 0.3) is 5.52 Å². The third kappa shape index (κ3) is 1.68. The molecule has 0 aromatic carbocycles. The molecule has 0 saturated heterocycles. The molecule has 0 amide bonds. The van der Waals surface area contributed by atoms with E-state index in [1.807, 2.05) is 28.8 Å². The van der Waals surface area contributed by atoms with Gasteiger partial charge in [-0.25, -0.2) is 4.98 Å². The molecule has 0 aliphatic heterocycles. The molecule has 1 saturated carbocycles. The second kappa shape index (κ2) is 4.26. The minimum atomic E-state index is 0.291. The first-order chi connectivity index (χ1) is 8.79. The van der Waals surface area contributed by atoms with Gasteiger partial charge in [-0.05, 0) is 25.0 Å². The van der Waals surface area contributed by atoms with Gasteiger partial charge in [0.15, 0.2) is 5.69 Å². The van der Waals surface area contributed by atoms with E-state index < -0.39 is 0 Å². The van der Waals surface area contributed by atoms with Crippen molar-refractivity contribution in [1.29, 1.82) is 5.26 Å². The van der Waals surface area contributed by atoms with Crippen LogP contribution in [-0.4, -0.2) is 15.2 Å². The molecular weight excluding hydrogens is 226 g/mol. The minimum absolute atomic E-state index is 0.291. The monoisotopic (exact) mass is 239 g/mol. The number of carbonyl (C=O) groups is 1. The van der Waals surface area contributed by atoms with Gasteiger partial charge in [-0.2, -0.15) is 5.26 Å². The molecule has 4 heteroatoms. The fourth-order valence-corrected chi connectivity index (χ4v) is 2.63. The fraction of sp³-hybridized carbons (Fsp3) is 0.357. The van der Waals surface area contributed by atoms with Crippen LogP contribution in [0.4, 0.5) is 0 Å². The van der Waals surface area contributed by atoms with Gasteiger partial charge in [0.25, 0.3) is 0 Å². The number of hydrogen-bond donors (Lipinski definition) is 0. The minimum Gasteiger partial charge on any atom is -0.302 e. The second-order valence-corrected chi connectivity index (χ2v) is 4.70. The van der Waals surface area contributed by atoms with Crippen molar-refractivity contribution in [3.8, 4) is 6.07 Å². The van der Waals surface area contributed by atoms with Crippen molar-refractivity contribution in [2.75, 3.05) is 0 Å². The van der Waals surface area contributed by atoms with Crippen LogP contribution in [-0.2, 0) is 4.79 Å². The summed E-state index contributed by atoms with van der Waals surface area (Å²) < 4.78 is 1.99. The smallest absolute Gasteiger partial charge is 0.166 e. The summed E-state index contributed by atoms with van der Waals surface area (Å²) in [4.78, 5) is 15.7. The van der Waals surface area contributed by atoms with Gasteiger partial charge in [-0.1, -0.05) is 6.07 Å². The summed E-state index contributed by atoms with van der Waals surface area (Å²) in [6.45, 7) is 0. The lowest BCUT2D eigenvalue weighted by Gasteiger charge is -2.19. The Bertz CT molecular complexity index is 641. The summed E-state index contributed by atoms with van der Waals surface area (Å²) in [5.41, 5.74) is 1.33. The molecule has 2 heterocycles.